The van der Waals surface area contributed by atoms with E-state index in [9.17, 15) is 19.2 Å². The highest BCUT2D eigenvalue weighted by atomic mass is 35.5. The van der Waals surface area contributed by atoms with E-state index in [1.165, 1.54) is 22.3 Å². The van der Waals surface area contributed by atoms with Crippen LogP contribution >= 0.6 is 22.9 Å². The van der Waals surface area contributed by atoms with Crippen LogP contribution in [0.1, 0.15) is 37.7 Å². The zero-order chi connectivity index (χ0) is 31.4. The predicted octanol–water partition coefficient (Wildman–Crippen LogP) is 5.25. The molecule has 0 spiro atoms. The summed E-state index contributed by atoms with van der Waals surface area (Å²) in [5.41, 5.74) is 2.08. The Morgan fingerprint density at radius 2 is 2.00 bits per heavy atom. The summed E-state index contributed by atoms with van der Waals surface area (Å²) in [5, 5.41) is 22.0. The number of likely N-dealkylation sites (tertiary alicyclic amines) is 1. The van der Waals surface area contributed by atoms with Crippen molar-refractivity contribution < 1.29 is 18.7 Å². The van der Waals surface area contributed by atoms with Gasteiger partial charge >= 0.3 is 6.03 Å². The molecular formula is C31H34ClFN8O3S. The third-order valence-corrected chi connectivity index (χ3v) is 9.74. The summed E-state index contributed by atoms with van der Waals surface area (Å²) in [6, 6.07) is 8.85. The molecule has 0 radical (unpaired) electrons. The first kappa shape index (κ1) is 31.2. The van der Waals surface area contributed by atoms with Crippen molar-refractivity contribution in [1.29, 1.82) is 5.26 Å². The summed E-state index contributed by atoms with van der Waals surface area (Å²) >= 11 is 8.00. The molecule has 0 atom stereocenters. The molecule has 45 heavy (non-hydrogen) atoms. The average Bonchev–Trinajstić information content (AvgIpc) is 3.52. The molecule has 1 aromatic carbocycles. The van der Waals surface area contributed by atoms with E-state index in [0.717, 1.165) is 42.3 Å². The number of nitrogens with one attached hydrogen (secondary N) is 3. The Bertz CT molecular complexity index is 1600. The lowest BCUT2D eigenvalue weighted by Gasteiger charge is -2.33. The summed E-state index contributed by atoms with van der Waals surface area (Å²) in [7, 11) is 0. The maximum atomic E-state index is 15.0. The van der Waals surface area contributed by atoms with E-state index in [1.807, 2.05) is 11.4 Å². The number of piperidine rings is 1. The van der Waals surface area contributed by atoms with E-state index in [1.54, 1.807) is 18.3 Å². The number of hydrogen-bond donors (Lipinski definition) is 3. The van der Waals surface area contributed by atoms with E-state index >= 15 is 0 Å². The van der Waals surface area contributed by atoms with E-state index < -0.39 is 11.4 Å². The number of benzene rings is 1. The number of nitrogens with zero attached hydrogens (tertiary/aromatic N) is 5. The molecule has 0 unspecified atom stereocenters. The lowest BCUT2D eigenvalue weighted by molar-refractivity contribution is -0.120. The number of pyridine rings is 1. The Hall–Kier alpha value is -3.83. The van der Waals surface area contributed by atoms with Crippen LogP contribution < -0.4 is 20.9 Å². The first-order valence-electron chi connectivity index (χ1n) is 15.0. The van der Waals surface area contributed by atoms with Crippen molar-refractivity contribution in [2.75, 3.05) is 54.9 Å². The maximum Gasteiger partial charge on any atom is 0.328 e. The predicted molar refractivity (Wildman–Crippen MR) is 171 cm³/mol. The summed E-state index contributed by atoms with van der Waals surface area (Å²) < 4.78 is 20.4. The minimum absolute atomic E-state index is 0.190. The number of carbonyl (C=O) groups excluding carboxylic acids is 2. The third-order valence-electron chi connectivity index (χ3n) is 8.64. The van der Waals surface area contributed by atoms with Gasteiger partial charge in [-0.15, -0.1) is 11.3 Å². The van der Waals surface area contributed by atoms with Crippen molar-refractivity contribution in [3.8, 4) is 17.3 Å². The van der Waals surface area contributed by atoms with E-state index in [-0.39, 0.29) is 30.7 Å². The summed E-state index contributed by atoms with van der Waals surface area (Å²) in [6.45, 7) is 3.99. The van der Waals surface area contributed by atoms with Gasteiger partial charge in [0.2, 0.25) is 5.91 Å². The molecule has 3 aromatic rings. The molecule has 0 bridgehead atoms. The first-order valence-corrected chi connectivity index (χ1v) is 16.3. The second-order valence-corrected chi connectivity index (χ2v) is 12.9. The number of aromatic nitrogens is 2. The molecule has 5 heterocycles. The fraction of sp³-hybridized carbons (Fsp3) is 0.452. The van der Waals surface area contributed by atoms with Gasteiger partial charge in [-0.3, -0.25) is 19.9 Å². The van der Waals surface area contributed by atoms with Crippen molar-refractivity contribution >= 4 is 51.5 Å². The maximum absolute atomic E-state index is 15.0. The van der Waals surface area contributed by atoms with Crippen LogP contribution in [0.4, 0.5) is 25.8 Å². The van der Waals surface area contributed by atoms with Crippen molar-refractivity contribution in [3.63, 3.8) is 0 Å². The largest absolute Gasteiger partial charge is 0.381 e. The molecule has 236 valence electrons. The SMILES string of the molecule is N#CC1(CNc2nc(-c3cc(NC4CCN(Cc5ccc(N6CCC(=O)NC6=O)cc5F)CC4)ncc3Cl)cs2)CCOCC1. The van der Waals surface area contributed by atoms with Crippen LogP contribution in [0.15, 0.2) is 35.8 Å². The van der Waals surface area contributed by atoms with Gasteiger partial charge in [0, 0.05) is 86.8 Å². The number of imide groups is 1. The van der Waals surface area contributed by atoms with E-state index in [4.69, 9.17) is 21.3 Å². The molecule has 3 N–H and O–H groups in total. The van der Waals surface area contributed by atoms with Gasteiger partial charge < -0.3 is 15.4 Å². The van der Waals surface area contributed by atoms with E-state index in [0.29, 0.717) is 61.2 Å². The van der Waals surface area contributed by atoms with Crippen molar-refractivity contribution in [3.05, 3.63) is 52.2 Å². The Morgan fingerprint density at radius 3 is 2.73 bits per heavy atom. The summed E-state index contributed by atoms with van der Waals surface area (Å²) in [5.74, 6) is 0.0206. The van der Waals surface area contributed by atoms with Crippen molar-refractivity contribution in [1.82, 2.24) is 20.2 Å². The highest BCUT2D eigenvalue weighted by Gasteiger charge is 2.33. The molecule has 6 rings (SSSR count). The molecule has 3 aliphatic rings. The highest BCUT2D eigenvalue weighted by Crippen LogP contribution is 2.34. The molecule has 11 nitrogen and oxygen atoms in total. The van der Waals surface area contributed by atoms with Gasteiger partial charge in [-0.2, -0.15) is 5.26 Å². The minimum Gasteiger partial charge on any atom is -0.381 e. The van der Waals surface area contributed by atoms with Gasteiger partial charge in [-0.1, -0.05) is 17.7 Å². The van der Waals surface area contributed by atoms with Crippen LogP contribution in [0.2, 0.25) is 5.02 Å². The van der Waals surface area contributed by atoms with Crippen LogP contribution in [0, 0.1) is 22.6 Å². The number of carbonyl (C=O) groups is 2. The number of amides is 3. The first-order chi connectivity index (χ1) is 21.8. The fourth-order valence-corrected chi connectivity index (χ4v) is 6.77. The summed E-state index contributed by atoms with van der Waals surface area (Å²) in [6.07, 6.45) is 4.94. The number of hydrogen-bond acceptors (Lipinski definition) is 10. The Morgan fingerprint density at radius 1 is 1.20 bits per heavy atom. The fourth-order valence-electron chi connectivity index (χ4n) is 5.86. The Labute approximate surface area is 269 Å². The molecule has 0 saturated carbocycles. The second-order valence-electron chi connectivity index (χ2n) is 11.7. The molecule has 2 aromatic heterocycles. The van der Waals surface area contributed by atoms with Crippen LogP contribution in [-0.4, -0.2) is 72.2 Å². The molecule has 3 saturated heterocycles. The Kier molecular flexibility index (Phi) is 9.46. The average molecular weight is 653 g/mol. The van der Waals surface area contributed by atoms with Gasteiger partial charge in [0.05, 0.1) is 22.2 Å². The highest BCUT2D eigenvalue weighted by molar-refractivity contribution is 7.14. The third kappa shape index (κ3) is 7.36. The number of ether oxygens (including phenoxy) is 1. The number of thiazole rings is 1. The molecule has 14 heteroatoms. The quantitative estimate of drug-likeness (QED) is 0.283. The lowest BCUT2D eigenvalue weighted by Crippen LogP contribution is -2.49. The van der Waals surface area contributed by atoms with Crippen LogP contribution in [0.3, 0.4) is 0 Å². The van der Waals surface area contributed by atoms with Gasteiger partial charge in [-0.25, -0.2) is 19.2 Å². The number of halogens is 2. The van der Waals surface area contributed by atoms with Gasteiger partial charge in [0.1, 0.15) is 11.6 Å². The molecular weight excluding hydrogens is 619 g/mol. The second kappa shape index (κ2) is 13.7. The van der Waals surface area contributed by atoms with Crippen LogP contribution in [0.25, 0.3) is 11.3 Å². The van der Waals surface area contributed by atoms with Crippen LogP contribution in [0.5, 0.6) is 0 Å². The normalized spacial score (nSPS) is 19.2. The van der Waals surface area contributed by atoms with E-state index in [2.05, 4.69) is 31.9 Å². The zero-order valence-corrected chi connectivity index (χ0v) is 26.2. The van der Waals surface area contributed by atoms with Gasteiger partial charge in [0.25, 0.3) is 0 Å². The number of nitriles is 1. The van der Waals surface area contributed by atoms with Crippen molar-refractivity contribution in [2.24, 2.45) is 5.41 Å². The smallest absolute Gasteiger partial charge is 0.328 e. The molecule has 3 amide bonds. The number of rotatable bonds is 9. The van der Waals surface area contributed by atoms with Crippen molar-refractivity contribution in [2.45, 2.75) is 44.7 Å². The monoisotopic (exact) mass is 652 g/mol. The number of urea groups is 1. The topological polar surface area (TPSA) is 136 Å². The number of anilines is 3. The Balaban J connectivity index is 1.02. The molecule has 0 aliphatic carbocycles. The standard InChI is InChI=1S/C31H34ClFN8O3S/c32-24-15-35-27(14-23(24)26-17-45-29(38-26)36-19-31(18-34)6-11-44-12-7-31)37-21-3-8-40(9-4-21)16-20-1-2-22(13-25(20)33)41-10-5-28(42)39-30(41)43/h1-2,13-15,17,21H,3-12,16,19H2,(H,35,37)(H,36,38)(H,39,42,43). The minimum atomic E-state index is -0.528. The van der Waals surface area contributed by atoms with Crippen LogP contribution in [-0.2, 0) is 16.1 Å². The lowest BCUT2D eigenvalue weighted by atomic mass is 9.82. The van der Waals surface area contributed by atoms with Gasteiger partial charge in [0.15, 0.2) is 5.13 Å². The molecule has 3 aliphatic heterocycles. The van der Waals surface area contributed by atoms with Gasteiger partial charge in [-0.05, 0) is 43.9 Å². The zero-order valence-electron chi connectivity index (χ0n) is 24.7. The molecule has 3 fully saturated rings. The summed E-state index contributed by atoms with van der Waals surface area (Å²) in [4.78, 5) is 36.3.